The normalized spacial score (nSPS) is 10.9. The minimum absolute atomic E-state index is 0.233. The van der Waals surface area contributed by atoms with Crippen molar-refractivity contribution in [2.24, 2.45) is 0 Å². The molecule has 0 spiro atoms. The number of nitriles is 1. The molecule has 114 valence electrons. The van der Waals surface area contributed by atoms with E-state index in [1.165, 1.54) is 0 Å². The summed E-state index contributed by atoms with van der Waals surface area (Å²) in [5.41, 5.74) is 1.16. The van der Waals surface area contributed by atoms with Crippen molar-refractivity contribution in [2.75, 3.05) is 11.9 Å². The van der Waals surface area contributed by atoms with Crippen molar-refractivity contribution in [3.05, 3.63) is 47.7 Å². The summed E-state index contributed by atoms with van der Waals surface area (Å²) in [4.78, 5) is 0.233. The molecular formula is C14H15N5O2S. The monoisotopic (exact) mass is 317 g/mol. The first-order chi connectivity index (χ1) is 10.5. The van der Waals surface area contributed by atoms with E-state index in [0.29, 0.717) is 18.9 Å². The van der Waals surface area contributed by atoms with Gasteiger partial charge in [-0.3, -0.25) is 0 Å². The van der Waals surface area contributed by atoms with Crippen molar-refractivity contribution in [2.45, 2.75) is 18.4 Å². The molecule has 2 rings (SSSR count). The average molecular weight is 317 g/mol. The lowest BCUT2D eigenvalue weighted by Gasteiger charge is -2.07. The first-order valence-electron chi connectivity index (χ1n) is 6.61. The third-order valence-corrected chi connectivity index (χ3v) is 4.38. The van der Waals surface area contributed by atoms with Crippen LogP contribution in [0, 0.1) is 11.3 Å². The number of nitrogens with zero attached hydrogens (tertiary/aromatic N) is 3. The zero-order chi connectivity index (χ0) is 16.0. The molecule has 0 saturated carbocycles. The van der Waals surface area contributed by atoms with E-state index < -0.39 is 10.0 Å². The minimum atomic E-state index is -3.43. The van der Waals surface area contributed by atoms with Crippen LogP contribution in [0.25, 0.3) is 0 Å². The summed E-state index contributed by atoms with van der Waals surface area (Å²) in [6, 6.07) is 11.7. The van der Waals surface area contributed by atoms with Crippen LogP contribution >= 0.6 is 0 Å². The molecule has 0 saturated heterocycles. The van der Waals surface area contributed by atoms with Gasteiger partial charge in [-0.15, -0.1) is 10.2 Å². The molecule has 22 heavy (non-hydrogen) atoms. The van der Waals surface area contributed by atoms with E-state index in [0.717, 1.165) is 5.56 Å². The predicted octanol–water partition coefficient (Wildman–Crippen LogP) is 1.26. The SMILES string of the molecule is CCNS(=O)(=O)c1ccc(CNc2ccc(C#N)nn2)cc1. The van der Waals surface area contributed by atoms with Crippen LogP contribution in [0.4, 0.5) is 5.82 Å². The van der Waals surface area contributed by atoms with E-state index in [1.54, 1.807) is 43.3 Å². The Bertz CT molecular complexity index is 764. The van der Waals surface area contributed by atoms with E-state index in [2.05, 4.69) is 20.2 Å². The number of hydrogen-bond donors (Lipinski definition) is 2. The molecule has 7 nitrogen and oxygen atoms in total. The van der Waals surface area contributed by atoms with Crippen molar-refractivity contribution in [1.82, 2.24) is 14.9 Å². The molecule has 0 atom stereocenters. The van der Waals surface area contributed by atoms with Crippen LogP contribution in [0.5, 0.6) is 0 Å². The molecule has 1 aromatic heterocycles. The molecule has 2 aromatic rings. The molecule has 0 aliphatic rings. The first kappa shape index (κ1) is 15.9. The third kappa shape index (κ3) is 4.00. The Morgan fingerprint density at radius 2 is 1.86 bits per heavy atom. The molecule has 8 heteroatoms. The van der Waals surface area contributed by atoms with Gasteiger partial charge in [-0.25, -0.2) is 13.1 Å². The maximum atomic E-state index is 11.8. The Morgan fingerprint density at radius 1 is 1.14 bits per heavy atom. The maximum absolute atomic E-state index is 11.8. The molecule has 1 aromatic carbocycles. The minimum Gasteiger partial charge on any atom is -0.365 e. The molecule has 0 radical (unpaired) electrons. The average Bonchev–Trinajstić information content (AvgIpc) is 2.54. The van der Waals surface area contributed by atoms with Crippen LogP contribution in [0.15, 0.2) is 41.3 Å². The maximum Gasteiger partial charge on any atom is 0.240 e. The Balaban J connectivity index is 2.01. The van der Waals surface area contributed by atoms with E-state index in [9.17, 15) is 8.42 Å². The standard InChI is InChI=1S/C14H15N5O2S/c1-2-17-22(20,21)13-6-3-11(4-7-13)10-16-14-8-5-12(9-15)18-19-14/h3-8,17H,2,10H2,1H3,(H,16,19). The van der Waals surface area contributed by atoms with E-state index in [-0.39, 0.29) is 10.6 Å². The zero-order valence-corrected chi connectivity index (χ0v) is 12.8. The number of nitrogens with one attached hydrogen (secondary N) is 2. The number of sulfonamides is 1. The van der Waals surface area contributed by atoms with E-state index >= 15 is 0 Å². The predicted molar refractivity (Wildman–Crippen MR) is 81.4 cm³/mol. The van der Waals surface area contributed by atoms with Gasteiger partial charge in [-0.05, 0) is 29.8 Å². The number of benzene rings is 1. The summed E-state index contributed by atoms with van der Waals surface area (Å²) in [6.07, 6.45) is 0. The lowest BCUT2D eigenvalue weighted by molar-refractivity contribution is 0.584. The molecule has 0 aliphatic heterocycles. The summed E-state index contributed by atoms with van der Waals surface area (Å²) >= 11 is 0. The van der Waals surface area contributed by atoms with E-state index in [1.807, 2.05) is 6.07 Å². The van der Waals surface area contributed by atoms with Crippen LogP contribution < -0.4 is 10.0 Å². The van der Waals surface area contributed by atoms with Gasteiger partial charge in [0, 0.05) is 13.1 Å². The lowest BCUT2D eigenvalue weighted by Crippen LogP contribution is -2.23. The van der Waals surface area contributed by atoms with Crippen molar-refractivity contribution >= 4 is 15.8 Å². The fourth-order valence-corrected chi connectivity index (χ4v) is 2.78. The zero-order valence-electron chi connectivity index (χ0n) is 11.9. The van der Waals surface area contributed by atoms with Crippen molar-refractivity contribution in [3.8, 4) is 6.07 Å². The largest absolute Gasteiger partial charge is 0.365 e. The molecule has 0 bridgehead atoms. The second-order valence-corrected chi connectivity index (χ2v) is 6.18. The molecule has 0 amide bonds. The summed E-state index contributed by atoms with van der Waals surface area (Å²) in [7, 11) is -3.43. The van der Waals surface area contributed by atoms with Gasteiger partial charge >= 0.3 is 0 Å². The van der Waals surface area contributed by atoms with Crippen molar-refractivity contribution in [3.63, 3.8) is 0 Å². The van der Waals surface area contributed by atoms with Crippen LogP contribution in [0.2, 0.25) is 0 Å². The van der Waals surface area contributed by atoms with Crippen molar-refractivity contribution in [1.29, 1.82) is 5.26 Å². The highest BCUT2D eigenvalue weighted by molar-refractivity contribution is 7.89. The summed E-state index contributed by atoms with van der Waals surface area (Å²) in [6.45, 7) is 2.56. The number of anilines is 1. The van der Waals surface area contributed by atoms with E-state index in [4.69, 9.17) is 5.26 Å². The number of hydrogen-bond acceptors (Lipinski definition) is 6. The molecular weight excluding hydrogens is 302 g/mol. The lowest BCUT2D eigenvalue weighted by atomic mass is 10.2. The Kier molecular flexibility index (Phi) is 5.04. The van der Waals surface area contributed by atoms with Gasteiger partial charge < -0.3 is 5.32 Å². The molecule has 0 aliphatic carbocycles. The van der Waals surface area contributed by atoms with Gasteiger partial charge in [0.05, 0.1) is 4.90 Å². The first-order valence-corrected chi connectivity index (χ1v) is 8.10. The second kappa shape index (κ2) is 6.98. The van der Waals surface area contributed by atoms with Crippen LogP contribution in [0.1, 0.15) is 18.2 Å². The highest BCUT2D eigenvalue weighted by atomic mass is 32.2. The van der Waals surface area contributed by atoms with Crippen LogP contribution in [-0.4, -0.2) is 25.2 Å². The van der Waals surface area contributed by atoms with Crippen LogP contribution in [-0.2, 0) is 16.6 Å². The highest BCUT2D eigenvalue weighted by Crippen LogP contribution is 2.11. The van der Waals surface area contributed by atoms with Crippen LogP contribution in [0.3, 0.4) is 0 Å². The quantitative estimate of drug-likeness (QED) is 0.830. The smallest absolute Gasteiger partial charge is 0.240 e. The van der Waals surface area contributed by atoms with Crippen molar-refractivity contribution < 1.29 is 8.42 Å². The van der Waals surface area contributed by atoms with Gasteiger partial charge in [-0.1, -0.05) is 19.1 Å². The summed E-state index contributed by atoms with van der Waals surface area (Å²) in [5.74, 6) is 0.545. The molecule has 1 heterocycles. The summed E-state index contributed by atoms with van der Waals surface area (Å²) in [5, 5.41) is 19.3. The third-order valence-electron chi connectivity index (χ3n) is 2.82. The van der Waals surface area contributed by atoms with Gasteiger partial charge in [0.25, 0.3) is 0 Å². The summed E-state index contributed by atoms with van der Waals surface area (Å²) < 4.78 is 26.1. The Morgan fingerprint density at radius 3 is 2.41 bits per heavy atom. The number of aromatic nitrogens is 2. The Hall–Kier alpha value is -2.50. The molecule has 0 unspecified atom stereocenters. The second-order valence-electron chi connectivity index (χ2n) is 4.41. The van der Waals surface area contributed by atoms with Gasteiger partial charge in [-0.2, -0.15) is 5.26 Å². The number of rotatable bonds is 6. The topological polar surface area (TPSA) is 108 Å². The van der Waals surface area contributed by atoms with Gasteiger partial charge in [0.2, 0.25) is 10.0 Å². The molecule has 2 N–H and O–H groups in total. The van der Waals surface area contributed by atoms with Gasteiger partial charge in [0.15, 0.2) is 5.69 Å². The fourth-order valence-electron chi connectivity index (χ4n) is 1.74. The highest BCUT2D eigenvalue weighted by Gasteiger charge is 2.11. The Labute approximate surface area is 129 Å². The van der Waals surface area contributed by atoms with Gasteiger partial charge in [0.1, 0.15) is 11.9 Å². The fraction of sp³-hybridized carbons (Fsp3) is 0.214. The molecule has 0 fully saturated rings.